The molecule has 0 saturated carbocycles. The molecule has 2 atom stereocenters. The van der Waals surface area contributed by atoms with Gasteiger partial charge in [0.1, 0.15) is 22.6 Å². The van der Waals surface area contributed by atoms with Crippen LogP contribution in [0.2, 0.25) is 0 Å². The SMILES string of the molecule is C=CCc1c[nH]c(NC2C(=O)N3C(C(=O)O)=C(CSc4nncs4)CS[C@@H]23)n1. The first-order valence-electron chi connectivity index (χ1n) is 8.29. The molecule has 0 spiro atoms. The molecule has 0 aliphatic carbocycles. The Labute approximate surface area is 172 Å². The topological polar surface area (TPSA) is 124 Å². The fourth-order valence-corrected chi connectivity index (χ4v) is 5.98. The van der Waals surface area contributed by atoms with Crippen LogP contribution < -0.4 is 5.32 Å². The van der Waals surface area contributed by atoms with E-state index >= 15 is 0 Å². The van der Waals surface area contributed by atoms with Gasteiger partial charge in [-0.3, -0.25) is 9.69 Å². The zero-order chi connectivity index (χ0) is 19.7. The summed E-state index contributed by atoms with van der Waals surface area (Å²) in [6.07, 6.45) is 4.13. The third-order valence-corrected chi connectivity index (χ3v) is 7.52. The summed E-state index contributed by atoms with van der Waals surface area (Å²) in [7, 11) is 0. The van der Waals surface area contributed by atoms with Crippen LogP contribution in [-0.4, -0.2) is 65.0 Å². The van der Waals surface area contributed by atoms with Crippen molar-refractivity contribution < 1.29 is 14.7 Å². The van der Waals surface area contributed by atoms with Crippen LogP contribution in [0.25, 0.3) is 0 Å². The lowest BCUT2D eigenvalue weighted by Crippen LogP contribution is -2.67. The predicted molar refractivity (Wildman–Crippen MR) is 108 cm³/mol. The summed E-state index contributed by atoms with van der Waals surface area (Å²) in [5.41, 5.74) is 3.24. The number of β-lactam (4-membered cyclic amide) rings is 1. The molecule has 12 heteroatoms. The predicted octanol–water partition coefficient (Wildman–Crippen LogP) is 1.82. The Kier molecular flexibility index (Phi) is 5.42. The third kappa shape index (κ3) is 3.54. The van der Waals surface area contributed by atoms with Gasteiger partial charge in [-0.1, -0.05) is 29.2 Å². The van der Waals surface area contributed by atoms with Gasteiger partial charge in [0.2, 0.25) is 5.95 Å². The highest BCUT2D eigenvalue weighted by atomic mass is 32.2. The lowest BCUT2D eigenvalue weighted by molar-refractivity contribution is -0.147. The summed E-state index contributed by atoms with van der Waals surface area (Å²) < 4.78 is 0.770. The second-order valence-corrected chi connectivity index (χ2v) is 9.18. The number of aromatic nitrogens is 4. The van der Waals surface area contributed by atoms with Crippen molar-refractivity contribution in [2.24, 2.45) is 0 Å². The van der Waals surface area contributed by atoms with Crippen LogP contribution in [0.1, 0.15) is 5.69 Å². The maximum absolute atomic E-state index is 12.7. The van der Waals surface area contributed by atoms with E-state index < -0.39 is 12.0 Å². The average Bonchev–Trinajstić information content (AvgIpc) is 3.35. The van der Waals surface area contributed by atoms with Crippen LogP contribution in [0.3, 0.4) is 0 Å². The van der Waals surface area contributed by atoms with Gasteiger partial charge in [0.15, 0.2) is 4.34 Å². The molecule has 0 bridgehead atoms. The van der Waals surface area contributed by atoms with E-state index in [2.05, 4.69) is 32.1 Å². The molecule has 1 amide bonds. The number of carboxylic acids is 1. The summed E-state index contributed by atoms with van der Waals surface area (Å²) in [6.45, 7) is 3.68. The molecule has 4 rings (SSSR count). The lowest BCUT2D eigenvalue weighted by atomic mass is 10.0. The zero-order valence-corrected chi connectivity index (χ0v) is 16.9. The highest BCUT2D eigenvalue weighted by Crippen LogP contribution is 2.42. The Bertz CT molecular complexity index is 941. The van der Waals surface area contributed by atoms with Crippen molar-refractivity contribution in [1.29, 1.82) is 0 Å². The molecule has 1 fully saturated rings. The number of aromatic amines is 1. The quantitative estimate of drug-likeness (QED) is 0.323. The molecule has 1 unspecified atom stereocenters. The molecule has 2 aliphatic rings. The van der Waals surface area contributed by atoms with E-state index in [9.17, 15) is 14.7 Å². The number of aliphatic carboxylic acids is 1. The number of nitrogens with one attached hydrogen (secondary N) is 2. The number of amides is 1. The number of carboxylic acid groups (broad SMARTS) is 1. The number of fused-ring (bicyclic) bond motifs is 1. The molecule has 2 aromatic heterocycles. The highest BCUT2D eigenvalue weighted by Gasteiger charge is 2.53. The van der Waals surface area contributed by atoms with Crippen molar-refractivity contribution in [1.82, 2.24) is 25.1 Å². The van der Waals surface area contributed by atoms with Gasteiger partial charge in [-0.2, -0.15) is 0 Å². The number of hydrogen-bond acceptors (Lipinski definition) is 9. The van der Waals surface area contributed by atoms with Gasteiger partial charge in [-0.15, -0.1) is 28.5 Å². The number of hydrogen-bond donors (Lipinski definition) is 3. The molecule has 0 aromatic carbocycles. The summed E-state index contributed by atoms with van der Waals surface area (Å²) in [6, 6.07) is -0.514. The van der Waals surface area contributed by atoms with E-state index in [0.29, 0.717) is 29.4 Å². The molecule has 2 aromatic rings. The fraction of sp³-hybridized carbons (Fsp3) is 0.312. The van der Waals surface area contributed by atoms with Crippen LogP contribution in [0.5, 0.6) is 0 Å². The Morgan fingerprint density at radius 3 is 3.14 bits per heavy atom. The average molecular weight is 437 g/mol. The van der Waals surface area contributed by atoms with Gasteiger partial charge in [0.25, 0.3) is 5.91 Å². The van der Waals surface area contributed by atoms with E-state index in [0.717, 1.165) is 10.0 Å². The zero-order valence-electron chi connectivity index (χ0n) is 14.5. The number of H-pyrrole nitrogens is 1. The van der Waals surface area contributed by atoms with E-state index in [1.165, 1.54) is 28.0 Å². The van der Waals surface area contributed by atoms with Crippen molar-refractivity contribution in [3.05, 3.63) is 41.3 Å². The highest BCUT2D eigenvalue weighted by molar-refractivity contribution is 8.01. The Balaban J connectivity index is 1.48. The molecule has 28 heavy (non-hydrogen) atoms. The first kappa shape index (κ1) is 19.0. The minimum absolute atomic E-state index is 0.0793. The van der Waals surface area contributed by atoms with Crippen LogP contribution in [0.4, 0.5) is 5.95 Å². The summed E-state index contributed by atoms with van der Waals surface area (Å²) in [5, 5.41) is 20.2. The van der Waals surface area contributed by atoms with E-state index in [1.807, 2.05) is 0 Å². The first-order chi connectivity index (χ1) is 13.6. The van der Waals surface area contributed by atoms with Gasteiger partial charge >= 0.3 is 5.97 Å². The largest absolute Gasteiger partial charge is 0.477 e. The first-order valence-corrected chi connectivity index (χ1v) is 11.2. The summed E-state index contributed by atoms with van der Waals surface area (Å²) in [5.74, 6) is 0.140. The van der Waals surface area contributed by atoms with Gasteiger partial charge in [-0.05, 0) is 5.57 Å². The molecule has 146 valence electrons. The van der Waals surface area contributed by atoms with Gasteiger partial charge < -0.3 is 15.4 Å². The Morgan fingerprint density at radius 2 is 2.43 bits per heavy atom. The molecule has 4 heterocycles. The second-order valence-electron chi connectivity index (χ2n) is 6.02. The number of carbonyl (C=O) groups excluding carboxylic acids is 1. The summed E-state index contributed by atoms with van der Waals surface area (Å²) >= 11 is 4.37. The second kappa shape index (κ2) is 7.97. The smallest absolute Gasteiger partial charge is 0.352 e. The molecule has 9 nitrogen and oxygen atoms in total. The van der Waals surface area contributed by atoms with Crippen molar-refractivity contribution in [2.75, 3.05) is 16.8 Å². The minimum atomic E-state index is -1.09. The maximum Gasteiger partial charge on any atom is 0.352 e. The lowest BCUT2D eigenvalue weighted by Gasteiger charge is -2.49. The molecular formula is C16H16N6O3S3. The summed E-state index contributed by atoms with van der Waals surface area (Å²) in [4.78, 5) is 33.3. The van der Waals surface area contributed by atoms with E-state index in [1.54, 1.807) is 29.5 Å². The molecule has 1 saturated heterocycles. The van der Waals surface area contributed by atoms with Crippen molar-refractivity contribution in [2.45, 2.75) is 22.2 Å². The monoisotopic (exact) mass is 436 g/mol. The van der Waals surface area contributed by atoms with E-state index in [4.69, 9.17) is 0 Å². The molecule has 2 aliphatic heterocycles. The Hall–Kier alpha value is -2.31. The molecule has 3 N–H and O–H groups in total. The number of carbonyl (C=O) groups is 2. The normalized spacial score (nSPS) is 21.3. The van der Waals surface area contributed by atoms with Gasteiger partial charge in [0, 0.05) is 24.1 Å². The number of anilines is 1. The maximum atomic E-state index is 12.7. The molecular weight excluding hydrogens is 420 g/mol. The fourth-order valence-electron chi connectivity index (χ4n) is 3.00. The number of rotatable bonds is 8. The van der Waals surface area contributed by atoms with Crippen LogP contribution in [-0.2, 0) is 16.0 Å². The Morgan fingerprint density at radius 1 is 1.57 bits per heavy atom. The number of nitrogens with zero attached hydrogens (tertiary/aromatic N) is 4. The standard InChI is InChI=1S/C16H16N6O3S3/c1-2-3-9-4-17-15(19-9)20-10-12(23)22-11(14(24)25)8(5-26-13(10)22)6-27-16-21-18-7-28-16/h2,4,7,10,13H,1,3,5-6H2,(H,24,25)(H2,17,19,20)/t10?,13-/m0/s1. The van der Waals surface area contributed by atoms with Crippen LogP contribution in [0, 0.1) is 0 Å². The van der Waals surface area contributed by atoms with E-state index in [-0.39, 0.29) is 17.0 Å². The van der Waals surface area contributed by atoms with Gasteiger partial charge in [0.05, 0.1) is 5.69 Å². The number of imidazole rings is 1. The van der Waals surface area contributed by atoms with Crippen LogP contribution >= 0.6 is 34.9 Å². The number of allylic oxidation sites excluding steroid dienone is 1. The van der Waals surface area contributed by atoms with Crippen molar-refractivity contribution in [3.63, 3.8) is 0 Å². The van der Waals surface area contributed by atoms with Gasteiger partial charge in [-0.25, -0.2) is 9.78 Å². The van der Waals surface area contributed by atoms with Crippen molar-refractivity contribution in [3.8, 4) is 0 Å². The van der Waals surface area contributed by atoms with Crippen molar-refractivity contribution >= 4 is 52.7 Å². The van der Waals surface area contributed by atoms with Crippen LogP contribution in [0.15, 0.2) is 40.0 Å². The molecule has 0 radical (unpaired) electrons. The minimum Gasteiger partial charge on any atom is -0.477 e. The number of thioether (sulfide) groups is 2. The third-order valence-electron chi connectivity index (χ3n) is 4.24.